The first-order valence-corrected chi connectivity index (χ1v) is 6.07. The van der Waals surface area contributed by atoms with Crippen molar-refractivity contribution in [3.8, 4) is 11.8 Å². The van der Waals surface area contributed by atoms with Crippen molar-refractivity contribution >= 4 is 0 Å². The highest BCUT2D eigenvalue weighted by Crippen LogP contribution is 2.12. The molecule has 1 heterocycles. The van der Waals surface area contributed by atoms with Gasteiger partial charge in [0, 0.05) is 19.6 Å². The highest BCUT2D eigenvalue weighted by atomic mass is 19.1. The summed E-state index contributed by atoms with van der Waals surface area (Å²) in [4.78, 5) is 2.29. The number of ether oxygens (including phenoxy) is 1. The summed E-state index contributed by atoms with van der Waals surface area (Å²) < 4.78 is 18.8. The molecule has 2 N–H and O–H groups in total. The highest BCUT2D eigenvalue weighted by Gasteiger charge is 2.11. The van der Waals surface area contributed by atoms with Gasteiger partial charge < -0.3 is 10.5 Å². The van der Waals surface area contributed by atoms with Crippen LogP contribution in [0.1, 0.15) is 11.1 Å². The Balaban J connectivity index is 2.08. The van der Waals surface area contributed by atoms with Gasteiger partial charge in [0.15, 0.2) is 0 Å². The summed E-state index contributed by atoms with van der Waals surface area (Å²) in [7, 11) is 0. The van der Waals surface area contributed by atoms with Gasteiger partial charge in [0.25, 0.3) is 0 Å². The molecule has 0 aliphatic carbocycles. The van der Waals surface area contributed by atoms with Crippen LogP contribution in [0.3, 0.4) is 0 Å². The van der Waals surface area contributed by atoms with E-state index in [1.54, 1.807) is 12.1 Å². The van der Waals surface area contributed by atoms with Crippen molar-refractivity contribution in [3.63, 3.8) is 0 Å². The molecule has 1 fully saturated rings. The van der Waals surface area contributed by atoms with Crippen molar-refractivity contribution in [2.45, 2.75) is 6.54 Å². The van der Waals surface area contributed by atoms with Crippen LogP contribution < -0.4 is 5.73 Å². The van der Waals surface area contributed by atoms with Crippen LogP contribution in [0.25, 0.3) is 0 Å². The molecule has 1 aromatic carbocycles. The van der Waals surface area contributed by atoms with E-state index in [1.165, 1.54) is 6.07 Å². The molecule has 3 nitrogen and oxygen atoms in total. The van der Waals surface area contributed by atoms with Gasteiger partial charge in [-0.1, -0.05) is 17.9 Å². The number of halogens is 1. The van der Waals surface area contributed by atoms with E-state index in [2.05, 4.69) is 16.7 Å². The summed E-state index contributed by atoms with van der Waals surface area (Å²) in [5, 5.41) is 0. The zero-order valence-electron chi connectivity index (χ0n) is 10.3. The van der Waals surface area contributed by atoms with Gasteiger partial charge in [-0.05, 0) is 17.7 Å². The Morgan fingerprint density at radius 3 is 2.83 bits per heavy atom. The van der Waals surface area contributed by atoms with Gasteiger partial charge in [-0.3, -0.25) is 4.90 Å². The minimum absolute atomic E-state index is 0.243. The van der Waals surface area contributed by atoms with Gasteiger partial charge in [-0.2, -0.15) is 0 Å². The summed E-state index contributed by atoms with van der Waals surface area (Å²) in [5.41, 5.74) is 6.79. The van der Waals surface area contributed by atoms with Crippen LogP contribution in [0.4, 0.5) is 4.39 Å². The van der Waals surface area contributed by atoms with Crippen molar-refractivity contribution in [1.82, 2.24) is 4.90 Å². The average Bonchev–Trinajstić information content (AvgIpc) is 2.40. The van der Waals surface area contributed by atoms with Crippen molar-refractivity contribution < 1.29 is 9.13 Å². The molecule has 0 amide bonds. The molecular weight excluding hydrogens is 231 g/mol. The lowest BCUT2D eigenvalue weighted by Crippen LogP contribution is -2.35. The molecule has 0 atom stereocenters. The van der Waals surface area contributed by atoms with Crippen LogP contribution in [-0.4, -0.2) is 37.7 Å². The Bertz CT molecular complexity index is 459. The van der Waals surface area contributed by atoms with Crippen molar-refractivity contribution in [3.05, 3.63) is 35.1 Å². The minimum Gasteiger partial charge on any atom is -0.379 e. The maximum atomic E-state index is 13.5. The number of hydrogen-bond acceptors (Lipinski definition) is 3. The molecule has 1 aliphatic rings. The zero-order chi connectivity index (χ0) is 12.8. The molecule has 96 valence electrons. The van der Waals surface area contributed by atoms with Gasteiger partial charge in [0.05, 0.1) is 25.3 Å². The second-order valence-corrected chi connectivity index (χ2v) is 4.21. The van der Waals surface area contributed by atoms with E-state index in [0.717, 1.165) is 38.4 Å². The molecule has 2 rings (SSSR count). The van der Waals surface area contributed by atoms with Gasteiger partial charge in [-0.25, -0.2) is 4.39 Å². The van der Waals surface area contributed by atoms with Gasteiger partial charge >= 0.3 is 0 Å². The quantitative estimate of drug-likeness (QED) is 0.793. The smallest absolute Gasteiger partial charge is 0.138 e. The summed E-state index contributed by atoms with van der Waals surface area (Å²) in [6.07, 6.45) is 0. The average molecular weight is 248 g/mol. The lowest BCUT2D eigenvalue weighted by atomic mass is 10.1. The predicted molar refractivity (Wildman–Crippen MR) is 68.4 cm³/mol. The van der Waals surface area contributed by atoms with E-state index < -0.39 is 0 Å². The standard InChI is InChI=1S/C14H17FN2O/c15-14-4-3-12(10-13(14)2-1-5-16)11-17-6-8-18-9-7-17/h3-4,10H,5-9,11,16H2. The summed E-state index contributed by atoms with van der Waals surface area (Å²) >= 11 is 0. The Kier molecular flexibility index (Phi) is 4.71. The van der Waals surface area contributed by atoms with E-state index in [9.17, 15) is 4.39 Å². The number of benzene rings is 1. The first-order chi connectivity index (χ1) is 8.79. The Labute approximate surface area is 107 Å². The van der Waals surface area contributed by atoms with Crippen molar-refractivity contribution in [1.29, 1.82) is 0 Å². The molecule has 1 saturated heterocycles. The van der Waals surface area contributed by atoms with Gasteiger partial charge in [0.1, 0.15) is 5.82 Å². The number of rotatable bonds is 2. The van der Waals surface area contributed by atoms with Crippen LogP contribution in [0.2, 0.25) is 0 Å². The third-order valence-corrected chi connectivity index (χ3v) is 2.87. The number of hydrogen-bond donors (Lipinski definition) is 1. The molecule has 1 aromatic rings. The minimum atomic E-state index is -0.290. The molecule has 0 radical (unpaired) electrons. The molecule has 0 spiro atoms. The highest BCUT2D eigenvalue weighted by molar-refractivity contribution is 5.38. The van der Waals surface area contributed by atoms with Crippen molar-refractivity contribution in [2.24, 2.45) is 5.73 Å². The maximum absolute atomic E-state index is 13.5. The normalized spacial score (nSPS) is 16.1. The van der Waals surface area contributed by atoms with E-state index in [1.807, 2.05) is 0 Å². The number of nitrogens with two attached hydrogens (primary N) is 1. The molecule has 18 heavy (non-hydrogen) atoms. The summed E-state index contributed by atoms with van der Waals surface area (Å²) in [6.45, 7) is 4.42. The van der Waals surface area contributed by atoms with E-state index in [-0.39, 0.29) is 12.4 Å². The fraction of sp³-hybridized carbons (Fsp3) is 0.429. The van der Waals surface area contributed by atoms with E-state index in [4.69, 9.17) is 10.5 Å². The largest absolute Gasteiger partial charge is 0.379 e. The third-order valence-electron chi connectivity index (χ3n) is 2.87. The molecule has 4 heteroatoms. The maximum Gasteiger partial charge on any atom is 0.138 e. The van der Waals surface area contributed by atoms with Gasteiger partial charge in [0.2, 0.25) is 0 Å². The lowest BCUT2D eigenvalue weighted by molar-refractivity contribution is 0.0342. The van der Waals surface area contributed by atoms with Crippen LogP contribution in [0.5, 0.6) is 0 Å². The Hall–Kier alpha value is -1.41. The number of nitrogens with zero attached hydrogens (tertiary/aromatic N) is 1. The summed E-state index contributed by atoms with van der Waals surface area (Å²) in [5.74, 6) is 5.15. The third kappa shape index (κ3) is 3.54. The van der Waals surface area contributed by atoms with E-state index in [0.29, 0.717) is 5.56 Å². The first-order valence-electron chi connectivity index (χ1n) is 6.07. The van der Waals surface area contributed by atoms with Crippen LogP contribution >= 0.6 is 0 Å². The van der Waals surface area contributed by atoms with Crippen LogP contribution in [0, 0.1) is 17.7 Å². The molecule has 0 saturated carbocycles. The zero-order valence-corrected chi connectivity index (χ0v) is 10.3. The molecule has 0 aromatic heterocycles. The molecule has 0 unspecified atom stereocenters. The molecular formula is C14H17FN2O. The Morgan fingerprint density at radius 2 is 2.11 bits per heavy atom. The summed E-state index contributed by atoms with van der Waals surface area (Å²) in [6, 6.07) is 5.07. The fourth-order valence-corrected chi connectivity index (χ4v) is 1.93. The second-order valence-electron chi connectivity index (χ2n) is 4.21. The second kappa shape index (κ2) is 6.50. The first kappa shape index (κ1) is 13.0. The lowest BCUT2D eigenvalue weighted by Gasteiger charge is -2.26. The molecule has 0 bridgehead atoms. The monoisotopic (exact) mass is 248 g/mol. The molecule has 1 aliphatic heterocycles. The Morgan fingerprint density at radius 1 is 1.33 bits per heavy atom. The number of morpholine rings is 1. The van der Waals surface area contributed by atoms with E-state index >= 15 is 0 Å². The van der Waals surface area contributed by atoms with Crippen molar-refractivity contribution in [2.75, 3.05) is 32.8 Å². The van der Waals surface area contributed by atoms with Crippen LogP contribution in [-0.2, 0) is 11.3 Å². The topological polar surface area (TPSA) is 38.5 Å². The van der Waals surface area contributed by atoms with Crippen LogP contribution in [0.15, 0.2) is 18.2 Å². The SMILES string of the molecule is NCC#Cc1cc(CN2CCOCC2)ccc1F. The fourth-order valence-electron chi connectivity index (χ4n) is 1.93. The predicted octanol–water partition coefficient (Wildman–Crippen LogP) is 0.968. The van der Waals surface area contributed by atoms with Gasteiger partial charge in [-0.15, -0.1) is 0 Å².